The van der Waals surface area contributed by atoms with Gasteiger partial charge in [-0.2, -0.15) is 0 Å². The van der Waals surface area contributed by atoms with Gasteiger partial charge in [0.1, 0.15) is 22.8 Å². The molecule has 24 heavy (non-hydrogen) atoms. The lowest BCUT2D eigenvalue weighted by molar-refractivity contribution is 0.0940. The summed E-state index contributed by atoms with van der Waals surface area (Å²) in [5.41, 5.74) is 0.0143. The van der Waals surface area contributed by atoms with Gasteiger partial charge in [-0.05, 0) is 25.5 Å². The van der Waals surface area contributed by atoms with Crippen molar-refractivity contribution in [3.05, 3.63) is 40.4 Å². The van der Waals surface area contributed by atoms with Gasteiger partial charge in [0.15, 0.2) is 9.84 Å². The van der Waals surface area contributed by atoms with Gasteiger partial charge in [-0.3, -0.25) is 4.79 Å². The zero-order chi connectivity index (χ0) is 17.5. The summed E-state index contributed by atoms with van der Waals surface area (Å²) in [6.45, 7) is 1.52. The van der Waals surface area contributed by atoms with E-state index >= 15 is 0 Å². The average Bonchev–Trinajstić information content (AvgIpc) is 3.01. The minimum Gasteiger partial charge on any atom is -0.360 e. The Kier molecular flexibility index (Phi) is 4.35. The lowest BCUT2D eigenvalue weighted by Crippen LogP contribution is -2.36. The smallest absolute Gasteiger partial charge is 0.257 e. The molecule has 128 valence electrons. The van der Waals surface area contributed by atoms with Crippen LogP contribution < -0.4 is 5.32 Å². The summed E-state index contributed by atoms with van der Waals surface area (Å²) in [4.78, 5) is 12.5. The molecule has 2 aromatic rings. The minimum absolute atomic E-state index is 0.00560. The van der Waals surface area contributed by atoms with E-state index in [0.717, 1.165) is 0 Å². The van der Waals surface area contributed by atoms with Crippen LogP contribution >= 0.6 is 11.6 Å². The predicted molar refractivity (Wildman–Crippen MR) is 86.2 cm³/mol. The van der Waals surface area contributed by atoms with Crippen LogP contribution in [0, 0.1) is 12.7 Å². The van der Waals surface area contributed by atoms with Crippen molar-refractivity contribution < 1.29 is 22.1 Å². The molecule has 1 N–H and O–H groups in total. The molecule has 6 nitrogen and oxygen atoms in total. The topological polar surface area (TPSA) is 89.3 Å². The van der Waals surface area contributed by atoms with Crippen LogP contribution in [0.1, 0.15) is 22.5 Å². The molecule has 1 saturated heterocycles. The van der Waals surface area contributed by atoms with E-state index in [-0.39, 0.29) is 39.1 Å². The maximum atomic E-state index is 14.1. The number of nitrogens with zero attached hydrogens (tertiary/aromatic N) is 1. The van der Waals surface area contributed by atoms with Crippen LogP contribution in [-0.4, -0.2) is 37.0 Å². The van der Waals surface area contributed by atoms with E-state index in [1.54, 1.807) is 0 Å². The number of halogens is 2. The molecule has 1 amide bonds. The van der Waals surface area contributed by atoms with Gasteiger partial charge in [-0.1, -0.05) is 22.8 Å². The molecule has 2 heterocycles. The monoisotopic (exact) mass is 372 g/mol. The number of nitrogens with one attached hydrogen (secondary N) is 1. The van der Waals surface area contributed by atoms with Crippen molar-refractivity contribution in [3.63, 3.8) is 0 Å². The van der Waals surface area contributed by atoms with Gasteiger partial charge in [0, 0.05) is 6.04 Å². The standard InChI is InChI=1S/C15H14ClFN2O4S/c1-8-12(15(20)18-9-5-6-24(21,22)7-9)14(19-23-8)13-10(16)3-2-4-11(13)17/h2-4,9H,5-7H2,1H3,(H,18,20)/t9-/m1/s1. The largest absolute Gasteiger partial charge is 0.360 e. The molecule has 0 bridgehead atoms. The molecule has 1 aliphatic rings. The highest BCUT2D eigenvalue weighted by Crippen LogP contribution is 2.33. The molecule has 1 aromatic heterocycles. The Bertz CT molecular complexity index is 890. The van der Waals surface area contributed by atoms with Crippen LogP contribution in [0.25, 0.3) is 11.3 Å². The number of hydrogen-bond acceptors (Lipinski definition) is 5. The van der Waals surface area contributed by atoms with E-state index in [2.05, 4.69) is 10.5 Å². The van der Waals surface area contributed by atoms with Gasteiger partial charge < -0.3 is 9.84 Å². The third-order valence-electron chi connectivity index (χ3n) is 3.86. The van der Waals surface area contributed by atoms with Crippen molar-refractivity contribution in [2.24, 2.45) is 0 Å². The van der Waals surface area contributed by atoms with Gasteiger partial charge in [-0.25, -0.2) is 12.8 Å². The number of aromatic nitrogens is 1. The molecule has 0 unspecified atom stereocenters. The average molecular weight is 373 g/mol. The van der Waals surface area contributed by atoms with E-state index in [9.17, 15) is 17.6 Å². The van der Waals surface area contributed by atoms with Crippen molar-refractivity contribution in [1.82, 2.24) is 10.5 Å². The Balaban J connectivity index is 1.95. The van der Waals surface area contributed by atoms with E-state index < -0.39 is 27.6 Å². The number of aryl methyl sites for hydroxylation is 1. The van der Waals surface area contributed by atoms with Gasteiger partial charge in [0.25, 0.3) is 5.91 Å². The fourth-order valence-corrected chi connectivity index (χ4v) is 4.63. The van der Waals surface area contributed by atoms with Crippen molar-refractivity contribution in [3.8, 4) is 11.3 Å². The zero-order valence-corrected chi connectivity index (χ0v) is 14.2. The predicted octanol–water partition coefficient (Wildman–Crippen LogP) is 2.36. The molecule has 9 heteroatoms. The molecule has 0 aliphatic carbocycles. The van der Waals surface area contributed by atoms with Crippen molar-refractivity contribution in [1.29, 1.82) is 0 Å². The van der Waals surface area contributed by atoms with Crippen LogP contribution in [0.5, 0.6) is 0 Å². The highest BCUT2D eigenvalue weighted by atomic mass is 35.5. The fraction of sp³-hybridized carbons (Fsp3) is 0.333. The van der Waals surface area contributed by atoms with E-state index in [1.807, 2.05) is 0 Å². The first kappa shape index (κ1) is 16.9. The van der Waals surface area contributed by atoms with Crippen molar-refractivity contribution >= 4 is 27.3 Å². The molecule has 3 rings (SSSR count). The molecule has 1 aliphatic heterocycles. The third kappa shape index (κ3) is 3.16. The SMILES string of the molecule is Cc1onc(-c2c(F)cccc2Cl)c1C(=O)N[C@@H]1CCS(=O)(=O)C1. The number of carbonyl (C=O) groups is 1. The summed E-state index contributed by atoms with van der Waals surface area (Å²) in [6.07, 6.45) is 0.341. The maximum absolute atomic E-state index is 14.1. The quantitative estimate of drug-likeness (QED) is 0.893. The Morgan fingerprint density at radius 3 is 2.83 bits per heavy atom. The molecule has 0 spiro atoms. The fourth-order valence-electron chi connectivity index (χ4n) is 2.70. The van der Waals surface area contributed by atoms with E-state index in [1.165, 1.54) is 25.1 Å². The molecular formula is C15H14ClFN2O4S. The first-order chi connectivity index (χ1) is 11.3. The molecule has 0 saturated carbocycles. The summed E-state index contributed by atoms with van der Waals surface area (Å²) >= 11 is 6.02. The van der Waals surface area contributed by atoms with Crippen LogP contribution in [0.2, 0.25) is 5.02 Å². The lowest BCUT2D eigenvalue weighted by Gasteiger charge is -2.11. The Labute approximate surface area is 142 Å². The second-order valence-corrected chi connectivity index (χ2v) is 8.27. The number of amides is 1. The Morgan fingerprint density at radius 2 is 2.21 bits per heavy atom. The van der Waals surface area contributed by atoms with Crippen molar-refractivity contribution in [2.45, 2.75) is 19.4 Å². The van der Waals surface area contributed by atoms with Crippen LogP contribution in [0.15, 0.2) is 22.7 Å². The normalized spacial score (nSPS) is 19.4. The summed E-state index contributed by atoms with van der Waals surface area (Å²) in [5, 5.41) is 6.49. The number of carbonyl (C=O) groups excluding carboxylic acids is 1. The molecule has 0 radical (unpaired) electrons. The zero-order valence-electron chi connectivity index (χ0n) is 12.7. The van der Waals surface area contributed by atoms with E-state index in [4.69, 9.17) is 16.1 Å². The Hall–Kier alpha value is -1.93. The number of hydrogen-bond donors (Lipinski definition) is 1. The van der Waals surface area contributed by atoms with Crippen molar-refractivity contribution in [2.75, 3.05) is 11.5 Å². The number of benzene rings is 1. The Morgan fingerprint density at radius 1 is 1.46 bits per heavy atom. The summed E-state index contributed by atoms with van der Waals surface area (Å²) in [7, 11) is -3.13. The van der Waals surface area contributed by atoms with Crippen LogP contribution in [0.4, 0.5) is 4.39 Å². The second kappa shape index (κ2) is 6.18. The van der Waals surface area contributed by atoms with Gasteiger partial charge in [0.2, 0.25) is 0 Å². The molecule has 1 atom stereocenters. The first-order valence-electron chi connectivity index (χ1n) is 7.20. The first-order valence-corrected chi connectivity index (χ1v) is 9.40. The molecular weight excluding hydrogens is 359 g/mol. The number of sulfone groups is 1. The second-order valence-electron chi connectivity index (χ2n) is 5.63. The summed E-state index contributed by atoms with van der Waals surface area (Å²) in [6, 6.07) is 3.64. The molecule has 1 aromatic carbocycles. The highest BCUT2D eigenvalue weighted by Gasteiger charge is 2.32. The summed E-state index contributed by atoms with van der Waals surface area (Å²) in [5.74, 6) is -1.08. The highest BCUT2D eigenvalue weighted by molar-refractivity contribution is 7.91. The lowest BCUT2D eigenvalue weighted by atomic mass is 10.0. The minimum atomic E-state index is -3.13. The van der Waals surface area contributed by atoms with Crippen LogP contribution in [-0.2, 0) is 9.84 Å². The molecule has 1 fully saturated rings. The maximum Gasteiger partial charge on any atom is 0.257 e. The third-order valence-corrected chi connectivity index (χ3v) is 5.94. The van der Waals surface area contributed by atoms with Gasteiger partial charge >= 0.3 is 0 Å². The van der Waals surface area contributed by atoms with Gasteiger partial charge in [-0.15, -0.1) is 0 Å². The van der Waals surface area contributed by atoms with E-state index in [0.29, 0.717) is 6.42 Å². The number of rotatable bonds is 3. The summed E-state index contributed by atoms with van der Waals surface area (Å²) < 4.78 is 42.2. The van der Waals surface area contributed by atoms with Crippen LogP contribution in [0.3, 0.4) is 0 Å². The van der Waals surface area contributed by atoms with Gasteiger partial charge in [0.05, 0.1) is 22.1 Å².